The van der Waals surface area contributed by atoms with Crippen molar-refractivity contribution in [2.75, 3.05) is 13.7 Å². The van der Waals surface area contributed by atoms with Gasteiger partial charge in [0.05, 0.1) is 12.1 Å². The maximum absolute atomic E-state index is 5.86. The highest BCUT2D eigenvalue weighted by molar-refractivity contribution is 9.10. The van der Waals surface area contributed by atoms with Crippen LogP contribution in [0.15, 0.2) is 15.9 Å². The van der Waals surface area contributed by atoms with Crippen molar-refractivity contribution in [1.29, 1.82) is 0 Å². The molecule has 2 atom stereocenters. The molecule has 0 fully saturated rings. The predicted octanol–water partition coefficient (Wildman–Crippen LogP) is 3.83. The molecule has 4 heteroatoms. The Morgan fingerprint density at radius 2 is 2.19 bits per heavy atom. The van der Waals surface area contributed by atoms with Crippen LogP contribution in [0.3, 0.4) is 0 Å². The fourth-order valence-electron chi connectivity index (χ4n) is 1.84. The van der Waals surface area contributed by atoms with E-state index in [4.69, 9.17) is 4.74 Å². The predicted molar refractivity (Wildman–Crippen MR) is 74.1 cm³/mol. The van der Waals surface area contributed by atoms with E-state index in [1.165, 1.54) is 9.35 Å². The summed E-state index contributed by atoms with van der Waals surface area (Å²) < 4.78 is 7.03. The number of halogens is 1. The van der Waals surface area contributed by atoms with Gasteiger partial charge >= 0.3 is 0 Å². The van der Waals surface area contributed by atoms with Crippen molar-refractivity contribution >= 4 is 27.3 Å². The average Bonchev–Trinajstić information content (AvgIpc) is 2.65. The molecule has 0 saturated carbocycles. The minimum absolute atomic E-state index is 0.213. The SMILES string of the molecule is CCOC(C(C)C)C(NC)c1sccc1Br. The smallest absolute Gasteiger partial charge is 0.0800 e. The lowest BCUT2D eigenvalue weighted by Gasteiger charge is -2.29. The summed E-state index contributed by atoms with van der Waals surface area (Å²) >= 11 is 5.36. The molecule has 0 aliphatic rings. The van der Waals surface area contributed by atoms with Gasteiger partial charge in [-0.15, -0.1) is 11.3 Å². The molecular formula is C12H20BrNOS. The van der Waals surface area contributed by atoms with Gasteiger partial charge in [0.25, 0.3) is 0 Å². The molecule has 1 N–H and O–H groups in total. The van der Waals surface area contributed by atoms with Crippen LogP contribution in [0.1, 0.15) is 31.7 Å². The first-order chi connectivity index (χ1) is 7.61. The quantitative estimate of drug-likeness (QED) is 0.862. The van der Waals surface area contributed by atoms with E-state index in [0.29, 0.717) is 5.92 Å². The van der Waals surface area contributed by atoms with Gasteiger partial charge in [-0.25, -0.2) is 0 Å². The largest absolute Gasteiger partial charge is 0.376 e. The second kappa shape index (κ2) is 6.74. The van der Waals surface area contributed by atoms with Crippen LogP contribution in [0.2, 0.25) is 0 Å². The molecule has 0 aliphatic carbocycles. The van der Waals surface area contributed by atoms with Crippen molar-refractivity contribution in [2.45, 2.75) is 32.9 Å². The Kier molecular flexibility index (Phi) is 5.97. The molecule has 0 bridgehead atoms. The molecule has 0 amide bonds. The fraction of sp³-hybridized carbons (Fsp3) is 0.667. The maximum atomic E-state index is 5.86. The number of ether oxygens (including phenoxy) is 1. The summed E-state index contributed by atoms with van der Waals surface area (Å²) in [6.07, 6.45) is 0.213. The molecule has 2 nitrogen and oxygen atoms in total. The van der Waals surface area contributed by atoms with Crippen LogP contribution in [0.25, 0.3) is 0 Å². The van der Waals surface area contributed by atoms with Crippen molar-refractivity contribution < 1.29 is 4.74 Å². The second-order valence-electron chi connectivity index (χ2n) is 4.06. The Morgan fingerprint density at radius 1 is 1.50 bits per heavy atom. The third-order valence-electron chi connectivity index (χ3n) is 2.58. The lowest BCUT2D eigenvalue weighted by molar-refractivity contribution is 0.00529. The molecule has 16 heavy (non-hydrogen) atoms. The van der Waals surface area contributed by atoms with E-state index in [9.17, 15) is 0 Å². The van der Waals surface area contributed by atoms with Gasteiger partial charge in [-0.1, -0.05) is 13.8 Å². The average molecular weight is 306 g/mol. The maximum Gasteiger partial charge on any atom is 0.0800 e. The molecule has 2 unspecified atom stereocenters. The molecule has 0 spiro atoms. The van der Waals surface area contributed by atoms with Crippen molar-refractivity contribution in [3.63, 3.8) is 0 Å². The lowest BCUT2D eigenvalue weighted by Crippen LogP contribution is -2.35. The van der Waals surface area contributed by atoms with Crippen molar-refractivity contribution in [3.8, 4) is 0 Å². The van der Waals surface area contributed by atoms with Crippen LogP contribution in [-0.4, -0.2) is 19.8 Å². The zero-order valence-electron chi connectivity index (χ0n) is 10.3. The van der Waals surface area contributed by atoms with Gasteiger partial charge in [0.2, 0.25) is 0 Å². The molecule has 0 aliphatic heterocycles. The molecule has 0 saturated heterocycles. The Morgan fingerprint density at radius 3 is 2.56 bits per heavy atom. The van der Waals surface area contributed by atoms with Gasteiger partial charge in [0.1, 0.15) is 0 Å². The Hall–Kier alpha value is 0.100. The summed E-state index contributed by atoms with van der Waals surface area (Å²) in [5.41, 5.74) is 0. The number of likely N-dealkylation sites (N-methyl/N-ethyl adjacent to an activating group) is 1. The van der Waals surface area contributed by atoms with E-state index in [-0.39, 0.29) is 12.1 Å². The van der Waals surface area contributed by atoms with Gasteiger partial charge < -0.3 is 10.1 Å². The monoisotopic (exact) mass is 305 g/mol. The fourth-order valence-corrected chi connectivity index (χ4v) is 3.60. The summed E-state index contributed by atoms with van der Waals surface area (Å²) in [6.45, 7) is 7.20. The Bertz CT molecular complexity index is 314. The van der Waals surface area contributed by atoms with E-state index < -0.39 is 0 Å². The number of thiophene rings is 1. The van der Waals surface area contributed by atoms with E-state index in [2.05, 4.69) is 46.5 Å². The van der Waals surface area contributed by atoms with E-state index in [1.807, 2.05) is 14.0 Å². The lowest BCUT2D eigenvalue weighted by atomic mass is 9.98. The summed E-state index contributed by atoms with van der Waals surface area (Å²) in [6, 6.07) is 2.35. The van der Waals surface area contributed by atoms with Gasteiger partial charge in [-0.2, -0.15) is 0 Å². The second-order valence-corrected chi connectivity index (χ2v) is 5.87. The molecule has 1 heterocycles. The molecule has 1 rings (SSSR count). The molecule has 0 aromatic carbocycles. The van der Waals surface area contributed by atoms with Crippen molar-refractivity contribution in [3.05, 3.63) is 20.8 Å². The van der Waals surface area contributed by atoms with Crippen LogP contribution in [0.5, 0.6) is 0 Å². The summed E-state index contributed by atoms with van der Waals surface area (Å²) in [5, 5.41) is 5.47. The summed E-state index contributed by atoms with van der Waals surface area (Å²) in [4.78, 5) is 1.31. The number of rotatable bonds is 6. The van der Waals surface area contributed by atoms with Crippen LogP contribution in [-0.2, 0) is 4.74 Å². The molecule has 0 radical (unpaired) electrons. The molecule has 92 valence electrons. The first kappa shape index (κ1) is 14.2. The Balaban J connectivity index is 2.90. The third kappa shape index (κ3) is 3.29. The van der Waals surface area contributed by atoms with Crippen LogP contribution >= 0.6 is 27.3 Å². The minimum atomic E-state index is 0.213. The third-order valence-corrected chi connectivity index (χ3v) is 4.54. The molecule has 1 aromatic rings. The van der Waals surface area contributed by atoms with Gasteiger partial charge in [0.15, 0.2) is 0 Å². The number of hydrogen-bond donors (Lipinski definition) is 1. The first-order valence-corrected chi connectivity index (χ1v) is 7.30. The number of nitrogens with one attached hydrogen (secondary N) is 1. The van der Waals surface area contributed by atoms with Gasteiger partial charge in [-0.05, 0) is 47.3 Å². The van der Waals surface area contributed by atoms with Crippen LogP contribution < -0.4 is 5.32 Å². The summed E-state index contributed by atoms with van der Waals surface area (Å²) in [7, 11) is 1.99. The molecular weight excluding hydrogens is 286 g/mol. The zero-order valence-corrected chi connectivity index (χ0v) is 12.7. The van der Waals surface area contributed by atoms with Crippen LogP contribution in [0.4, 0.5) is 0 Å². The van der Waals surface area contributed by atoms with Crippen molar-refractivity contribution in [1.82, 2.24) is 5.32 Å². The number of hydrogen-bond acceptors (Lipinski definition) is 3. The highest BCUT2D eigenvalue weighted by atomic mass is 79.9. The van der Waals surface area contributed by atoms with Gasteiger partial charge in [-0.3, -0.25) is 0 Å². The van der Waals surface area contributed by atoms with Crippen molar-refractivity contribution in [2.24, 2.45) is 5.92 Å². The highest BCUT2D eigenvalue weighted by Crippen LogP contribution is 2.33. The summed E-state index contributed by atoms with van der Waals surface area (Å²) in [5.74, 6) is 0.492. The zero-order chi connectivity index (χ0) is 12.1. The van der Waals surface area contributed by atoms with Crippen LogP contribution in [0, 0.1) is 5.92 Å². The minimum Gasteiger partial charge on any atom is -0.376 e. The van der Waals surface area contributed by atoms with E-state index in [0.717, 1.165) is 6.61 Å². The first-order valence-electron chi connectivity index (χ1n) is 5.63. The highest BCUT2D eigenvalue weighted by Gasteiger charge is 2.27. The van der Waals surface area contributed by atoms with E-state index >= 15 is 0 Å². The normalized spacial score (nSPS) is 15.4. The Labute approximate surface area is 111 Å². The topological polar surface area (TPSA) is 21.3 Å². The molecule has 1 aromatic heterocycles. The van der Waals surface area contributed by atoms with E-state index in [1.54, 1.807) is 11.3 Å². The van der Waals surface area contributed by atoms with Gasteiger partial charge in [0, 0.05) is 16.0 Å². The standard InChI is InChI=1S/C12H20BrNOS/c1-5-15-11(8(2)3)10(14-4)12-9(13)6-7-16-12/h6-8,10-11,14H,5H2,1-4H3.